The monoisotopic (exact) mass is 462 g/mol. The first-order valence-electron chi connectivity index (χ1n) is 12.0. The Morgan fingerprint density at radius 1 is 0.886 bits per heavy atom. The molecule has 1 aliphatic heterocycles. The second-order valence-corrected chi connectivity index (χ2v) is 9.48. The van der Waals surface area contributed by atoms with Gasteiger partial charge in [-0.3, -0.25) is 4.98 Å². The number of ether oxygens (including phenoxy) is 1. The van der Waals surface area contributed by atoms with E-state index in [9.17, 15) is 0 Å². The Morgan fingerprint density at radius 2 is 1.51 bits per heavy atom. The Morgan fingerprint density at radius 3 is 2.14 bits per heavy atom. The first-order valence-corrected chi connectivity index (χ1v) is 12.0. The molecular weight excluding hydrogens is 432 g/mol. The third-order valence-corrected chi connectivity index (χ3v) is 6.59. The fourth-order valence-corrected chi connectivity index (χ4v) is 5.09. The maximum Gasteiger partial charge on any atom is 0.187 e. The molecule has 0 bridgehead atoms. The SMILES string of the molecule is [C-]#[N+]c1ccc(-c2cccc3c(N(C)C)c(-c4ccc(N5C[C@@H](C)O[C@@H](C)C5)cc4)cnc23)cc1. The fourth-order valence-electron chi connectivity index (χ4n) is 5.09. The van der Waals surface area contributed by atoms with Crippen molar-refractivity contribution in [1.82, 2.24) is 4.98 Å². The minimum absolute atomic E-state index is 0.232. The number of rotatable bonds is 4. The fraction of sp³-hybridized carbons (Fsp3) is 0.267. The molecule has 2 atom stereocenters. The molecule has 5 heteroatoms. The van der Waals surface area contributed by atoms with Crippen molar-refractivity contribution in [1.29, 1.82) is 0 Å². The number of para-hydroxylation sites is 1. The van der Waals surface area contributed by atoms with Crippen molar-refractivity contribution >= 4 is 28.0 Å². The van der Waals surface area contributed by atoms with Crippen molar-refractivity contribution in [2.75, 3.05) is 37.0 Å². The van der Waals surface area contributed by atoms with Gasteiger partial charge in [-0.15, -0.1) is 0 Å². The van der Waals surface area contributed by atoms with E-state index in [1.54, 1.807) is 0 Å². The molecule has 176 valence electrons. The molecule has 1 saturated heterocycles. The minimum atomic E-state index is 0.232. The molecule has 0 spiro atoms. The highest BCUT2D eigenvalue weighted by Crippen LogP contribution is 2.39. The Hall–Kier alpha value is -3.88. The summed E-state index contributed by atoms with van der Waals surface area (Å²) < 4.78 is 5.90. The first-order chi connectivity index (χ1) is 16.9. The summed E-state index contributed by atoms with van der Waals surface area (Å²) in [5.41, 5.74) is 8.36. The van der Waals surface area contributed by atoms with Crippen LogP contribution < -0.4 is 9.80 Å². The minimum Gasteiger partial charge on any atom is -0.377 e. The average molecular weight is 463 g/mol. The summed E-state index contributed by atoms with van der Waals surface area (Å²) in [5, 5.41) is 1.11. The highest BCUT2D eigenvalue weighted by molar-refractivity contribution is 6.05. The van der Waals surface area contributed by atoms with Gasteiger partial charge < -0.3 is 14.5 Å². The van der Waals surface area contributed by atoms with E-state index in [4.69, 9.17) is 16.3 Å². The molecule has 35 heavy (non-hydrogen) atoms. The summed E-state index contributed by atoms with van der Waals surface area (Å²) in [6.07, 6.45) is 2.45. The second-order valence-electron chi connectivity index (χ2n) is 9.48. The van der Waals surface area contributed by atoms with Gasteiger partial charge in [0.2, 0.25) is 0 Å². The number of morpholine rings is 1. The van der Waals surface area contributed by atoms with Crippen LogP contribution in [0.3, 0.4) is 0 Å². The van der Waals surface area contributed by atoms with Crippen LogP contribution in [0.25, 0.3) is 38.0 Å². The summed E-state index contributed by atoms with van der Waals surface area (Å²) in [5.74, 6) is 0. The van der Waals surface area contributed by atoms with Crippen LogP contribution in [0.15, 0.2) is 72.9 Å². The molecule has 0 unspecified atom stereocenters. The third kappa shape index (κ3) is 4.45. The number of benzene rings is 3. The molecule has 1 fully saturated rings. The van der Waals surface area contributed by atoms with Crippen molar-refractivity contribution in [3.8, 4) is 22.3 Å². The van der Waals surface area contributed by atoms with Crippen molar-refractivity contribution in [3.05, 3.63) is 84.3 Å². The predicted molar refractivity (Wildman–Crippen MR) is 145 cm³/mol. The van der Waals surface area contributed by atoms with Crippen LogP contribution in [0, 0.1) is 6.57 Å². The van der Waals surface area contributed by atoms with Gasteiger partial charge >= 0.3 is 0 Å². The van der Waals surface area contributed by atoms with Gasteiger partial charge in [0.05, 0.1) is 30.0 Å². The number of pyridine rings is 1. The van der Waals surface area contributed by atoms with E-state index < -0.39 is 0 Å². The lowest BCUT2D eigenvalue weighted by Gasteiger charge is -2.37. The van der Waals surface area contributed by atoms with Gasteiger partial charge in [-0.05, 0) is 37.1 Å². The molecule has 0 radical (unpaired) electrons. The van der Waals surface area contributed by atoms with Crippen LogP contribution >= 0.6 is 0 Å². The lowest BCUT2D eigenvalue weighted by atomic mass is 9.97. The van der Waals surface area contributed by atoms with Gasteiger partial charge in [0, 0.05) is 55.6 Å². The van der Waals surface area contributed by atoms with E-state index in [1.165, 1.54) is 5.69 Å². The van der Waals surface area contributed by atoms with Crippen molar-refractivity contribution < 1.29 is 4.74 Å². The van der Waals surface area contributed by atoms with Gasteiger partial charge in [0.1, 0.15) is 0 Å². The summed E-state index contributed by atoms with van der Waals surface area (Å²) in [6, 6.07) is 22.9. The summed E-state index contributed by atoms with van der Waals surface area (Å²) >= 11 is 0. The van der Waals surface area contributed by atoms with E-state index in [0.717, 1.165) is 51.9 Å². The van der Waals surface area contributed by atoms with Crippen LogP contribution in [-0.4, -0.2) is 44.4 Å². The summed E-state index contributed by atoms with van der Waals surface area (Å²) in [6.45, 7) is 13.3. The number of nitrogens with zero attached hydrogens (tertiary/aromatic N) is 4. The molecular formula is C30H30N4O. The number of hydrogen-bond acceptors (Lipinski definition) is 4. The van der Waals surface area contributed by atoms with Crippen LogP contribution in [-0.2, 0) is 4.74 Å². The van der Waals surface area contributed by atoms with Crippen LogP contribution in [0.4, 0.5) is 17.1 Å². The van der Waals surface area contributed by atoms with E-state index >= 15 is 0 Å². The van der Waals surface area contributed by atoms with Crippen LogP contribution in [0.1, 0.15) is 13.8 Å². The zero-order valence-electron chi connectivity index (χ0n) is 20.7. The molecule has 2 heterocycles. The molecule has 3 aromatic carbocycles. The van der Waals surface area contributed by atoms with Crippen LogP contribution in [0.2, 0.25) is 0 Å². The Labute approximate surface area is 207 Å². The smallest absolute Gasteiger partial charge is 0.187 e. The Balaban J connectivity index is 1.56. The molecule has 5 rings (SSSR count). The maximum absolute atomic E-state index is 7.22. The Kier molecular flexibility index (Phi) is 6.15. The van der Waals surface area contributed by atoms with E-state index in [0.29, 0.717) is 5.69 Å². The second kappa shape index (κ2) is 9.40. The van der Waals surface area contributed by atoms with E-state index in [1.807, 2.05) is 30.5 Å². The molecule has 0 saturated carbocycles. The normalized spacial score (nSPS) is 17.9. The average Bonchev–Trinajstić information content (AvgIpc) is 2.87. The lowest BCUT2D eigenvalue weighted by Crippen LogP contribution is -2.45. The molecule has 5 nitrogen and oxygen atoms in total. The summed E-state index contributed by atoms with van der Waals surface area (Å²) in [7, 11) is 4.17. The molecule has 1 aromatic heterocycles. The molecule has 0 N–H and O–H groups in total. The van der Waals surface area contributed by atoms with Crippen molar-refractivity contribution in [3.63, 3.8) is 0 Å². The van der Waals surface area contributed by atoms with E-state index in [2.05, 4.69) is 85.1 Å². The molecule has 1 aliphatic rings. The van der Waals surface area contributed by atoms with Crippen molar-refractivity contribution in [2.45, 2.75) is 26.1 Å². The van der Waals surface area contributed by atoms with Gasteiger partial charge in [0.15, 0.2) is 5.69 Å². The number of aromatic nitrogens is 1. The maximum atomic E-state index is 7.22. The first kappa shape index (κ1) is 22.9. The number of fused-ring (bicyclic) bond motifs is 1. The predicted octanol–water partition coefficient (Wildman–Crippen LogP) is 6.80. The molecule has 4 aromatic rings. The van der Waals surface area contributed by atoms with Gasteiger partial charge in [-0.2, -0.15) is 0 Å². The highest BCUT2D eigenvalue weighted by Gasteiger charge is 2.22. The molecule has 0 amide bonds. The molecule has 0 aliphatic carbocycles. The zero-order chi connectivity index (χ0) is 24.5. The standard InChI is InChI=1S/C30H30N4O/c1-20-18-34(19-21(2)35-20)25-15-11-23(12-16-25)28-17-32-29-26(22-9-13-24(31-3)14-10-22)7-6-8-27(29)30(28)33(4)5/h6-17,20-21H,18-19H2,1-2,4-5H3/t20-,21+. The topological polar surface area (TPSA) is 33.0 Å². The quantitative estimate of drug-likeness (QED) is 0.312. The van der Waals surface area contributed by atoms with Gasteiger partial charge in [-0.25, -0.2) is 4.85 Å². The highest BCUT2D eigenvalue weighted by atomic mass is 16.5. The number of hydrogen-bond donors (Lipinski definition) is 0. The largest absolute Gasteiger partial charge is 0.377 e. The van der Waals surface area contributed by atoms with Gasteiger partial charge in [0.25, 0.3) is 0 Å². The third-order valence-electron chi connectivity index (χ3n) is 6.59. The van der Waals surface area contributed by atoms with Crippen molar-refractivity contribution in [2.24, 2.45) is 0 Å². The summed E-state index contributed by atoms with van der Waals surface area (Å²) in [4.78, 5) is 13.0. The zero-order valence-corrected chi connectivity index (χ0v) is 20.7. The van der Waals surface area contributed by atoms with Gasteiger partial charge in [-0.1, -0.05) is 54.6 Å². The van der Waals surface area contributed by atoms with E-state index in [-0.39, 0.29) is 12.2 Å². The van der Waals surface area contributed by atoms with Crippen LogP contribution in [0.5, 0.6) is 0 Å². The lowest BCUT2D eigenvalue weighted by molar-refractivity contribution is -0.00521. The number of anilines is 2. The Bertz CT molecular complexity index is 1380.